The zero-order chi connectivity index (χ0) is 42.7. The Hall–Kier alpha value is -5.19. The van der Waals surface area contributed by atoms with E-state index < -0.39 is 0 Å². The largest absolute Gasteiger partial charge is 0.493 e. The Morgan fingerprint density at radius 2 is 1.38 bits per heavy atom. The highest BCUT2D eigenvalue weighted by atomic mass is 79.9. The Kier molecular flexibility index (Phi) is 13.6. The molecule has 9 heterocycles. The van der Waals surface area contributed by atoms with Crippen molar-refractivity contribution in [2.75, 3.05) is 33.0 Å². The van der Waals surface area contributed by atoms with Crippen molar-refractivity contribution >= 4 is 59.3 Å². The molecular formula is C46H54B2BrN8O6-. The number of furan rings is 1. The topological polar surface area (TPSA) is 145 Å². The van der Waals surface area contributed by atoms with Gasteiger partial charge in [-0.1, -0.05) is 44.8 Å². The summed E-state index contributed by atoms with van der Waals surface area (Å²) in [5.74, 6) is 2.96. The maximum atomic E-state index is 5.96. The van der Waals surface area contributed by atoms with E-state index >= 15 is 0 Å². The summed E-state index contributed by atoms with van der Waals surface area (Å²) in [6.45, 7) is 11.9. The van der Waals surface area contributed by atoms with Gasteiger partial charge in [0.1, 0.15) is 35.6 Å². The van der Waals surface area contributed by atoms with E-state index in [1.54, 1.807) is 25.1 Å². The number of halogens is 1. The number of aromatic nitrogens is 8. The van der Waals surface area contributed by atoms with Crippen LogP contribution in [0.25, 0.3) is 27.8 Å². The minimum Gasteiger partial charge on any atom is -0.493 e. The summed E-state index contributed by atoms with van der Waals surface area (Å²) in [4.78, 5) is 9.21. The van der Waals surface area contributed by atoms with Crippen LogP contribution >= 0.6 is 15.9 Å². The fourth-order valence-electron chi connectivity index (χ4n) is 8.12. The smallest absolute Gasteiger partial charge is 0.490 e. The quantitative estimate of drug-likeness (QED) is 0.152. The summed E-state index contributed by atoms with van der Waals surface area (Å²) in [7, 11) is -0.182. The molecule has 1 saturated heterocycles. The predicted octanol–water partition coefficient (Wildman–Crippen LogP) is 6.58. The summed E-state index contributed by atoms with van der Waals surface area (Å²) in [5, 5.41) is 17.7. The first-order chi connectivity index (χ1) is 30.1. The van der Waals surface area contributed by atoms with Crippen LogP contribution < -0.4 is 4.74 Å². The minimum atomic E-state index is -0.239. The summed E-state index contributed by atoms with van der Waals surface area (Å²) in [6.07, 6.45) is 19.4. The van der Waals surface area contributed by atoms with Gasteiger partial charge in [-0.25, -0.2) is 9.97 Å². The highest BCUT2D eigenvalue weighted by Crippen LogP contribution is 2.39. The van der Waals surface area contributed by atoms with E-state index in [4.69, 9.17) is 32.9 Å². The molecule has 2 aromatic carbocycles. The normalized spacial score (nSPS) is 17.5. The third-order valence-corrected chi connectivity index (χ3v) is 12.9. The molecule has 0 N–H and O–H groups in total. The van der Waals surface area contributed by atoms with Crippen LogP contribution in [0.4, 0.5) is 0 Å². The van der Waals surface area contributed by atoms with Crippen molar-refractivity contribution in [2.45, 2.75) is 83.8 Å². The molecule has 0 bridgehead atoms. The van der Waals surface area contributed by atoms with Gasteiger partial charge in [0, 0.05) is 48.2 Å². The summed E-state index contributed by atoms with van der Waals surface area (Å²) < 4.78 is 38.5. The summed E-state index contributed by atoms with van der Waals surface area (Å²) in [5.41, 5.74) is 9.59. The maximum absolute atomic E-state index is 5.96. The number of ether oxygens (including phenoxy) is 3. The molecule has 0 aliphatic carbocycles. The van der Waals surface area contributed by atoms with Gasteiger partial charge in [0.15, 0.2) is 11.3 Å². The van der Waals surface area contributed by atoms with Gasteiger partial charge >= 0.3 is 7.12 Å². The fraction of sp³-hybridized carbons (Fsp3) is 0.391. The van der Waals surface area contributed by atoms with Crippen molar-refractivity contribution in [2.24, 2.45) is 0 Å². The molecule has 14 nitrogen and oxygen atoms in total. The number of benzene rings is 2. The third-order valence-electron chi connectivity index (χ3n) is 12.3. The Balaban J connectivity index is 0.000000133. The minimum absolute atomic E-state index is 0. The fourth-order valence-corrected chi connectivity index (χ4v) is 8.49. The molecule has 0 saturated carbocycles. The molecular weight excluding hydrogens is 862 g/mol. The number of hydrogen-bond acceptors (Lipinski definition) is 12. The highest BCUT2D eigenvalue weighted by molar-refractivity contribution is 9.10. The first-order valence-corrected chi connectivity index (χ1v) is 22.0. The Labute approximate surface area is 377 Å². The van der Waals surface area contributed by atoms with Crippen molar-refractivity contribution in [3.8, 4) is 5.75 Å². The second-order valence-electron chi connectivity index (χ2n) is 16.6. The van der Waals surface area contributed by atoms with Gasteiger partial charge in [-0.3, -0.25) is 8.80 Å². The molecule has 0 amide bonds. The van der Waals surface area contributed by atoms with Crippen LogP contribution in [0.2, 0.25) is 0 Å². The molecule has 5 aromatic heterocycles. The van der Waals surface area contributed by atoms with Crippen molar-refractivity contribution in [1.29, 1.82) is 0 Å². The van der Waals surface area contributed by atoms with Crippen molar-refractivity contribution < 1.29 is 27.9 Å². The Bertz CT molecular complexity index is 2750. The Morgan fingerprint density at radius 3 is 2.11 bits per heavy atom. The van der Waals surface area contributed by atoms with Gasteiger partial charge in [0.25, 0.3) is 0 Å². The lowest BCUT2D eigenvalue weighted by Crippen LogP contribution is -2.41. The lowest BCUT2D eigenvalue weighted by atomic mass is 9.75. The zero-order valence-electron chi connectivity index (χ0n) is 35.6. The zero-order valence-corrected chi connectivity index (χ0v) is 37.1. The molecule has 4 aliphatic rings. The van der Waals surface area contributed by atoms with E-state index in [-0.39, 0.29) is 26.7 Å². The van der Waals surface area contributed by atoms with Crippen molar-refractivity contribution in [3.05, 3.63) is 130 Å². The van der Waals surface area contributed by atoms with Crippen LogP contribution in [0.1, 0.15) is 74.4 Å². The molecule has 328 valence electrons. The number of aryl methyl sites for hydroxylation is 4. The van der Waals surface area contributed by atoms with Crippen LogP contribution in [-0.4, -0.2) is 98.9 Å². The lowest BCUT2D eigenvalue weighted by Gasteiger charge is -2.32. The van der Waals surface area contributed by atoms with Gasteiger partial charge in [-0.2, -0.15) is 0 Å². The van der Waals surface area contributed by atoms with Crippen molar-refractivity contribution in [1.82, 2.24) is 39.2 Å². The predicted molar refractivity (Wildman–Crippen MR) is 250 cm³/mol. The first kappa shape index (κ1) is 44.4. The van der Waals surface area contributed by atoms with Crippen LogP contribution in [0.5, 0.6) is 5.75 Å². The third kappa shape index (κ3) is 9.53. The summed E-state index contributed by atoms with van der Waals surface area (Å²) >= 11 is 3.44. The van der Waals surface area contributed by atoms with Crippen LogP contribution in [-0.2, 0) is 50.9 Å². The molecule has 0 radical (unpaired) electrons. The Morgan fingerprint density at radius 1 is 0.714 bits per heavy atom. The standard InChI is InChI=1S/C20H20N4O2.C15H11BrN4O.C11H19BO3.BH4/c1-2-14(16-8-11-26-18(16)3-1)4-5-19-21-12-17(15-6-9-25-10-7-15)20-23-22-13-24(19)20;16-12-8-17-14(20-9-18-19-15(12)20)5-4-10-2-1-3-13-11(10)6-7-21-13;1-10(2)11(3,4)15-12(14-10)9-5-7-13-8-6-9;/h1-3,6,12-13H,4-5,7-11H2;1-3,6-9H,4-5H2;5H,6-8H2,1-4H3;1H4/q;;;-1. The second-order valence-corrected chi connectivity index (χ2v) is 17.5. The molecule has 0 spiro atoms. The van der Waals surface area contributed by atoms with Gasteiger partial charge in [0.2, 0.25) is 0 Å². The number of rotatable bonds is 8. The molecule has 17 heteroatoms. The van der Waals surface area contributed by atoms with Crippen LogP contribution in [0.3, 0.4) is 0 Å². The monoisotopic (exact) mass is 915 g/mol. The maximum Gasteiger partial charge on any atom is 0.490 e. The van der Waals surface area contributed by atoms with E-state index in [1.807, 2.05) is 33.2 Å². The summed E-state index contributed by atoms with van der Waals surface area (Å²) in [6, 6.07) is 14.5. The molecule has 11 rings (SSSR count). The average Bonchev–Trinajstić information content (AvgIpc) is 4.15. The number of hydrogen-bond donors (Lipinski definition) is 0. The lowest BCUT2D eigenvalue weighted by molar-refractivity contribution is 0.00578. The number of nitrogens with zero attached hydrogens (tertiary/aromatic N) is 8. The van der Waals surface area contributed by atoms with Crippen LogP contribution in [0.15, 0.2) is 100 Å². The van der Waals surface area contributed by atoms with E-state index in [0.717, 1.165) is 114 Å². The van der Waals surface area contributed by atoms with Gasteiger partial charge in [0.05, 0.1) is 55.0 Å². The van der Waals surface area contributed by atoms with Crippen LogP contribution in [0, 0.1) is 0 Å². The molecule has 63 heavy (non-hydrogen) atoms. The molecule has 0 unspecified atom stereocenters. The van der Waals surface area contributed by atoms with E-state index in [9.17, 15) is 0 Å². The van der Waals surface area contributed by atoms with E-state index in [1.165, 1.54) is 27.7 Å². The average molecular weight is 917 g/mol. The molecule has 7 aromatic rings. The molecule has 0 atom stereocenters. The first-order valence-electron chi connectivity index (χ1n) is 21.2. The van der Waals surface area contributed by atoms with Gasteiger partial charge < -0.3 is 27.9 Å². The molecule has 4 aliphatic heterocycles. The number of fused-ring (bicyclic) bond motifs is 4. The highest BCUT2D eigenvalue weighted by Gasteiger charge is 2.52. The van der Waals surface area contributed by atoms with E-state index in [0.29, 0.717) is 13.2 Å². The second kappa shape index (κ2) is 19.3. The van der Waals surface area contributed by atoms with Gasteiger partial charge in [-0.15, -0.1) is 20.4 Å². The SMILES string of the molecule is Brc1cnc(CCc2cccc3occc23)n2cnnc12.C1=C(c2cnc(CCc3cccc4c3CCO4)n3cnnc23)CCOC1.CC1(C)OB(C2=CCOCC2)OC1(C)C.[BH4-]. The molecule has 1 fully saturated rings. The van der Waals surface area contributed by atoms with E-state index in [2.05, 4.69) is 105 Å². The van der Waals surface area contributed by atoms with Gasteiger partial charge in [-0.05, 0) is 110 Å². The van der Waals surface area contributed by atoms with Crippen molar-refractivity contribution in [3.63, 3.8) is 0 Å².